The highest BCUT2D eigenvalue weighted by atomic mass is 16.6. The molecule has 1 rings (SSSR count). The number of carboxylic acids is 1. The molecule has 0 amide bonds. The van der Waals surface area contributed by atoms with Crippen LogP contribution in [0.25, 0.3) is 0 Å². The number of rotatable bonds is 3. The Hall–Kier alpha value is -2.55. The highest BCUT2D eigenvalue weighted by Gasteiger charge is 2.14. The second kappa shape index (κ2) is 5.51. The molecule has 1 aromatic carbocycles. The molecular formula is C11H9NO5. The third kappa shape index (κ3) is 3.50. The number of carbonyl (C=O) groups is 1. The van der Waals surface area contributed by atoms with E-state index in [0.29, 0.717) is 5.56 Å². The van der Waals surface area contributed by atoms with E-state index in [2.05, 4.69) is 11.8 Å². The maximum atomic E-state index is 10.7. The van der Waals surface area contributed by atoms with E-state index in [1.807, 2.05) is 0 Å². The van der Waals surface area contributed by atoms with Gasteiger partial charge in [-0.3, -0.25) is 14.9 Å². The normalized spacial score (nSPS) is 9.00. The van der Waals surface area contributed by atoms with Gasteiger partial charge in [-0.05, 0) is 12.1 Å². The van der Waals surface area contributed by atoms with Gasteiger partial charge in [0.05, 0.1) is 12.0 Å². The Morgan fingerprint density at radius 2 is 2.29 bits per heavy atom. The van der Waals surface area contributed by atoms with Crippen molar-refractivity contribution in [1.82, 2.24) is 0 Å². The minimum absolute atomic E-state index is 0.138. The van der Waals surface area contributed by atoms with Crippen molar-refractivity contribution in [3.8, 4) is 17.6 Å². The van der Waals surface area contributed by atoms with Crippen LogP contribution < -0.4 is 4.74 Å². The molecule has 0 spiro atoms. The first-order chi connectivity index (χ1) is 8.04. The van der Waals surface area contributed by atoms with Crippen molar-refractivity contribution in [1.29, 1.82) is 0 Å². The molecule has 0 saturated heterocycles. The molecule has 1 aromatic rings. The van der Waals surface area contributed by atoms with Gasteiger partial charge in [0.25, 0.3) is 0 Å². The van der Waals surface area contributed by atoms with Crippen LogP contribution in [0.2, 0.25) is 0 Å². The van der Waals surface area contributed by atoms with Crippen LogP contribution in [0.3, 0.4) is 0 Å². The monoisotopic (exact) mass is 235 g/mol. The molecule has 0 aromatic heterocycles. The quantitative estimate of drug-likeness (QED) is 0.486. The molecule has 1 N–H and O–H groups in total. The zero-order valence-electron chi connectivity index (χ0n) is 8.97. The number of nitro groups is 1. The van der Waals surface area contributed by atoms with Crippen LogP contribution in [-0.4, -0.2) is 23.1 Å². The van der Waals surface area contributed by atoms with Crippen molar-refractivity contribution in [2.45, 2.75) is 6.42 Å². The van der Waals surface area contributed by atoms with Gasteiger partial charge in [-0.1, -0.05) is 11.8 Å². The van der Waals surface area contributed by atoms with Crippen LogP contribution >= 0.6 is 0 Å². The van der Waals surface area contributed by atoms with E-state index in [4.69, 9.17) is 9.84 Å². The summed E-state index contributed by atoms with van der Waals surface area (Å²) in [7, 11) is 1.33. The summed E-state index contributed by atoms with van der Waals surface area (Å²) in [5.41, 5.74) is 0.174. The summed E-state index contributed by atoms with van der Waals surface area (Å²) < 4.78 is 4.82. The smallest absolute Gasteiger partial charge is 0.315 e. The molecular weight excluding hydrogens is 226 g/mol. The Morgan fingerprint density at radius 1 is 1.59 bits per heavy atom. The topological polar surface area (TPSA) is 89.7 Å². The fourth-order valence-corrected chi connectivity index (χ4v) is 1.13. The summed E-state index contributed by atoms with van der Waals surface area (Å²) in [6.07, 6.45) is -0.306. The minimum atomic E-state index is -1.04. The molecule has 0 atom stereocenters. The van der Waals surface area contributed by atoms with Crippen LogP contribution in [0.1, 0.15) is 12.0 Å². The molecule has 6 heteroatoms. The third-order valence-corrected chi connectivity index (χ3v) is 1.85. The molecule has 0 bridgehead atoms. The molecule has 88 valence electrons. The average molecular weight is 235 g/mol. The highest BCUT2D eigenvalue weighted by Crippen LogP contribution is 2.26. The lowest BCUT2D eigenvalue weighted by molar-refractivity contribution is -0.385. The predicted octanol–water partition coefficient (Wildman–Crippen LogP) is 1.43. The number of nitrogens with zero attached hydrogens (tertiary/aromatic N) is 1. The number of aliphatic carboxylic acids is 1. The van der Waals surface area contributed by atoms with Crippen LogP contribution in [0.5, 0.6) is 5.75 Å². The zero-order chi connectivity index (χ0) is 12.8. The molecule has 6 nitrogen and oxygen atoms in total. The maximum Gasteiger partial charge on any atom is 0.315 e. The van der Waals surface area contributed by atoms with Gasteiger partial charge >= 0.3 is 11.7 Å². The fourth-order valence-electron chi connectivity index (χ4n) is 1.13. The van der Waals surface area contributed by atoms with E-state index in [9.17, 15) is 14.9 Å². The Balaban J connectivity index is 3.03. The van der Waals surface area contributed by atoms with E-state index < -0.39 is 10.9 Å². The number of benzene rings is 1. The van der Waals surface area contributed by atoms with Gasteiger partial charge in [0.1, 0.15) is 6.42 Å². The molecule has 0 aliphatic carbocycles. The van der Waals surface area contributed by atoms with E-state index >= 15 is 0 Å². The molecule has 0 heterocycles. The molecule has 0 aliphatic rings. The summed E-state index contributed by atoms with van der Waals surface area (Å²) >= 11 is 0. The zero-order valence-corrected chi connectivity index (χ0v) is 8.97. The van der Waals surface area contributed by atoms with E-state index in [-0.39, 0.29) is 17.9 Å². The first-order valence-electron chi connectivity index (χ1n) is 4.57. The molecule has 0 aliphatic heterocycles. The van der Waals surface area contributed by atoms with Gasteiger partial charge in [-0.15, -0.1) is 0 Å². The fraction of sp³-hybridized carbons (Fsp3) is 0.182. The summed E-state index contributed by atoms with van der Waals surface area (Å²) in [6, 6.07) is 4.19. The SMILES string of the molecule is COc1ccc(C#CCC(=O)O)cc1[N+](=O)[O-]. The van der Waals surface area contributed by atoms with Crippen LogP contribution in [0.4, 0.5) is 5.69 Å². The van der Waals surface area contributed by atoms with Gasteiger partial charge in [0.15, 0.2) is 5.75 Å². The lowest BCUT2D eigenvalue weighted by atomic mass is 10.2. The Kier molecular flexibility index (Phi) is 4.06. The van der Waals surface area contributed by atoms with Crippen molar-refractivity contribution in [2.24, 2.45) is 0 Å². The van der Waals surface area contributed by atoms with Crippen molar-refractivity contribution < 1.29 is 19.6 Å². The first-order valence-corrected chi connectivity index (χ1v) is 4.57. The number of hydrogen-bond acceptors (Lipinski definition) is 4. The predicted molar refractivity (Wildman–Crippen MR) is 58.8 cm³/mol. The maximum absolute atomic E-state index is 10.7. The first kappa shape index (κ1) is 12.5. The number of ether oxygens (including phenoxy) is 1. The van der Waals surface area contributed by atoms with Crippen molar-refractivity contribution in [3.63, 3.8) is 0 Å². The number of carboxylic acid groups (broad SMARTS) is 1. The lowest BCUT2D eigenvalue weighted by Gasteiger charge is -2.00. The van der Waals surface area contributed by atoms with Crippen molar-refractivity contribution in [2.75, 3.05) is 7.11 Å². The highest BCUT2D eigenvalue weighted by molar-refractivity contribution is 5.70. The van der Waals surface area contributed by atoms with Crippen molar-refractivity contribution in [3.05, 3.63) is 33.9 Å². The van der Waals surface area contributed by atoms with Crippen LogP contribution in [0, 0.1) is 22.0 Å². The van der Waals surface area contributed by atoms with E-state index in [0.717, 1.165) is 0 Å². The molecule has 17 heavy (non-hydrogen) atoms. The van der Waals surface area contributed by atoms with Gasteiger partial charge < -0.3 is 9.84 Å². The third-order valence-electron chi connectivity index (χ3n) is 1.85. The Bertz CT molecular complexity index is 512. The van der Waals surface area contributed by atoms with E-state index in [1.54, 1.807) is 0 Å². The largest absolute Gasteiger partial charge is 0.490 e. The van der Waals surface area contributed by atoms with Gasteiger partial charge in [0.2, 0.25) is 0 Å². The Morgan fingerprint density at radius 3 is 2.82 bits per heavy atom. The summed E-state index contributed by atoms with van der Waals surface area (Å²) in [6.45, 7) is 0. The molecule has 0 radical (unpaired) electrons. The number of methoxy groups -OCH3 is 1. The summed E-state index contributed by atoms with van der Waals surface area (Å²) in [4.78, 5) is 20.4. The van der Waals surface area contributed by atoms with Gasteiger partial charge in [-0.2, -0.15) is 0 Å². The minimum Gasteiger partial charge on any atom is -0.490 e. The molecule has 0 saturated carbocycles. The van der Waals surface area contributed by atoms with Gasteiger partial charge in [0, 0.05) is 11.6 Å². The summed E-state index contributed by atoms with van der Waals surface area (Å²) in [5.74, 6) is 4.02. The van der Waals surface area contributed by atoms with Crippen LogP contribution in [0.15, 0.2) is 18.2 Å². The van der Waals surface area contributed by atoms with E-state index in [1.165, 1.54) is 25.3 Å². The Labute approximate surface area is 97.0 Å². The molecule has 0 unspecified atom stereocenters. The number of hydrogen-bond donors (Lipinski definition) is 1. The second-order valence-electron chi connectivity index (χ2n) is 3.02. The second-order valence-corrected chi connectivity index (χ2v) is 3.02. The standard InChI is InChI=1S/C11H9NO5/c1-17-10-6-5-8(3-2-4-11(13)14)7-9(10)12(15)16/h5-7H,4H2,1H3,(H,13,14). The summed E-state index contributed by atoms with van der Waals surface area (Å²) in [5, 5.41) is 19.1. The molecule has 0 fully saturated rings. The number of nitro benzene ring substituents is 1. The van der Waals surface area contributed by atoms with Crippen LogP contribution in [-0.2, 0) is 4.79 Å². The average Bonchev–Trinajstić information content (AvgIpc) is 2.28. The lowest BCUT2D eigenvalue weighted by Crippen LogP contribution is -1.94. The van der Waals surface area contributed by atoms with Crippen molar-refractivity contribution >= 4 is 11.7 Å². The van der Waals surface area contributed by atoms with Gasteiger partial charge in [-0.25, -0.2) is 0 Å².